The van der Waals surface area contributed by atoms with Gasteiger partial charge in [-0.2, -0.15) is 0 Å². The third-order valence-electron chi connectivity index (χ3n) is 5.91. The first-order valence-electron chi connectivity index (χ1n) is 12.8. The molecular formula is C28H43N5O6. The molecule has 2 aromatic rings. The minimum atomic E-state index is -0.753. The van der Waals surface area contributed by atoms with Gasteiger partial charge >= 0.3 is 0 Å². The van der Waals surface area contributed by atoms with Crippen molar-refractivity contribution in [3.05, 3.63) is 48.0 Å². The number of nitrogens with zero attached hydrogens (tertiary/aromatic N) is 1. The highest BCUT2D eigenvalue weighted by Crippen LogP contribution is 2.22. The third kappa shape index (κ3) is 12.2. The summed E-state index contributed by atoms with van der Waals surface area (Å²) in [6, 6.07) is 13.0. The van der Waals surface area contributed by atoms with E-state index in [1.165, 1.54) is 7.05 Å². The summed E-state index contributed by atoms with van der Waals surface area (Å²) in [7, 11) is 5.36. The van der Waals surface area contributed by atoms with Crippen molar-refractivity contribution in [2.45, 2.75) is 39.7 Å². The number of hydrogen-bond acceptors (Lipinski definition) is 7. The Morgan fingerprint density at radius 1 is 0.949 bits per heavy atom. The first kappa shape index (κ1) is 33.5. The Morgan fingerprint density at radius 2 is 1.59 bits per heavy atom. The number of carbonyl (C=O) groups is 4. The summed E-state index contributed by atoms with van der Waals surface area (Å²) in [5.74, 6) is -2.43. The van der Waals surface area contributed by atoms with Crippen molar-refractivity contribution in [3.8, 4) is 0 Å². The highest BCUT2D eigenvalue weighted by molar-refractivity contribution is 5.91. The lowest BCUT2D eigenvalue weighted by Gasteiger charge is -2.31. The summed E-state index contributed by atoms with van der Waals surface area (Å²) in [6.07, 6.45) is 0.106. The van der Waals surface area contributed by atoms with Gasteiger partial charge in [-0.25, -0.2) is 5.48 Å². The van der Waals surface area contributed by atoms with E-state index in [1.54, 1.807) is 5.48 Å². The summed E-state index contributed by atoms with van der Waals surface area (Å²) in [5, 5.41) is 27.2. The van der Waals surface area contributed by atoms with Crippen molar-refractivity contribution in [1.29, 1.82) is 0 Å². The molecule has 11 heteroatoms. The van der Waals surface area contributed by atoms with Crippen molar-refractivity contribution in [2.24, 2.45) is 11.3 Å². The van der Waals surface area contributed by atoms with E-state index < -0.39 is 35.8 Å². The molecule has 0 saturated heterocycles. The maximum Gasteiger partial charge on any atom is 0.245 e. The number of benzene rings is 2. The maximum absolute atomic E-state index is 13.0. The van der Waals surface area contributed by atoms with Crippen molar-refractivity contribution >= 4 is 34.4 Å². The van der Waals surface area contributed by atoms with Crippen LogP contribution in [0, 0.1) is 11.3 Å². The Labute approximate surface area is 230 Å². The Morgan fingerprint density at radius 3 is 2.13 bits per heavy atom. The Hall–Kier alpha value is -3.54. The summed E-state index contributed by atoms with van der Waals surface area (Å²) in [5.41, 5.74) is 1.96. The van der Waals surface area contributed by atoms with Crippen LogP contribution in [0.3, 0.4) is 0 Å². The predicted octanol–water partition coefficient (Wildman–Crippen LogP) is 0.827. The standard InChI is InChI=1S/C22H29N3O4.C6H14N2O2/c1-22(2,3)19(21(28)23-4)24-20(27)17(13-18(26)25-29)12-14-9-10-15-7-5-6-8-16(15)11-14;1-8(2)4-3-7-6(10)5-9/h5-11,17,19,29H,12-13H2,1-4H3,(H,23,28)(H,24,27)(H,25,26);9H,3-5H2,1-2H3,(H,7,10)/t17?,19-;/m1./s1. The molecule has 2 rings (SSSR count). The van der Waals surface area contributed by atoms with Crippen LogP contribution in [0.2, 0.25) is 0 Å². The SMILES string of the molecule is CN(C)CCNC(=O)CO.CNC(=O)[C@@H](NC(=O)C(CC(=O)NO)Cc1ccc2ccccc2c1)C(C)(C)C. The van der Waals surface area contributed by atoms with Gasteiger partial charge in [-0.3, -0.25) is 24.4 Å². The minimum Gasteiger partial charge on any atom is -0.387 e. The van der Waals surface area contributed by atoms with Gasteiger partial charge in [0.25, 0.3) is 0 Å². The van der Waals surface area contributed by atoms with Crippen LogP contribution in [0.15, 0.2) is 42.5 Å². The zero-order valence-electron chi connectivity index (χ0n) is 23.7. The number of rotatable bonds is 11. The zero-order chi connectivity index (χ0) is 29.6. The molecule has 0 aromatic heterocycles. The fraction of sp³-hybridized carbons (Fsp3) is 0.500. The van der Waals surface area contributed by atoms with Crippen LogP contribution >= 0.6 is 0 Å². The van der Waals surface area contributed by atoms with E-state index in [1.807, 2.05) is 82.2 Å². The number of amides is 4. The lowest BCUT2D eigenvalue weighted by atomic mass is 9.85. The lowest BCUT2D eigenvalue weighted by molar-refractivity contribution is -0.137. The number of nitrogens with one attached hydrogen (secondary N) is 4. The molecule has 216 valence electrons. The van der Waals surface area contributed by atoms with E-state index in [0.29, 0.717) is 13.0 Å². The molecule has 0 radical (unpaired) electrons. The molecule has 0 aliphatic carbocycles. The van der Waals surface area contributed by atoms with Gasteiger partial charge in [-0.1, -0.05) is 63.2 Å². The van der Waals surface area contributed by atoms with Crippen LogP contribution in [0.1, 0.15) is 32.8 Å². The molecule has 0 bridgehead atoms. The van der Waals surface area contributed by atoms with Crippen molar-refractivity contribution in [3.63, 3.8) is 0 Å². The predicted molar refractivity (Wildman–Crippen MR) is 150 cm³/mol. The molecule has 1 unspecified atom stereocenters. The van der Waals surface area contributed by atoms with Crippen LogP contribution in [-0.2, 0) is 25.6 Å². The van der Waals surface area contributed by atoms with Gasteiger partial charge in [0.1, 0.15) is 12.6 Å². The van der Waals surface area contributed by atoms with Gasteiger partial charge in [0.2, 0.25) is 23.6 Å². The molecule has 0 aliphatic rings. The molecule has 0 saturated carbocycles. The topological polar surface area (TPSA) is 160 Å². The smallest absolute Gasteiger partial charge is 0.245 e. The summed E-state index contributed by atoms with van der Waals surface area (Å²) in [6.45, 7) is 6.52. The van der Waals surface area contributed by atoms with Gasteiger partial charge in [0.15, 0.2) is 0 Å². The lowest BCUT2D eigenvalue weighted by Crippen LogP contribution is -2.54. The van der Waals surface area contributed by atoms with E-state index in [0.717, 1.165) is 22.9 Å². The highest BCUT2D eigenvalue weighted by Gasteiger charge is 2.34. The van der Waals surface area contributed by atoms with Crippen LogP contribution in [0.25, 0.3) is 10.8 Å². The molecule has 4 amide bonds. The van der Waals surface area contributed by atoms with Crippen LogP contribution in [-0.4, -0.2) is 85.7 Å². The number of aliphatic hydroxyl groups excluding tert-OH is 1. The first-order valence-corrected chi connectivity index (χ1v) is 12.8. The number of carbonyl (C=O) groups excluding carboxylic acids is 4. The van der Waals surface area contributed by atoms with Gasteiger partial charge in [-0.05, 0) is 42.3 Å². The Bertz CT molecular complexity index is 1100. The second-order valence-corrected chi connectivity index (χ2v) is 10.6. The molecule has 11 nitrogen and oxygen atoms in total. The number of hydroxylamine groups is 1. The summed E-state index contributed by atoms with van der Waals surface area (Å²) >= 11 is 0. The fourth-order valence-corrected chi connectivity index (χ4v) is 3.73. The molecule has 0 aliphatic heterocycles. The maximum atomic E-state index is 13.0. The average molecular weight is 546 g/mol. The van der Waals surface area contributed by atoms with Gasteiger partial charge in [0, 0.05) is 26.6 Å². The summed E-state index contributed by atoms with van der Waals surface area (Å²) in [4.78, 5) is 49.4. The van der Waals surface area contributed by atoms with E-state index in [-0.39, 0.29) is 18.2 Å². The zero-order valence-corrected chi connectivity index (χ0v) is 23.7. The first-order chi connectivity index (χ1) is 18.3. The fourth-order valence-electron chi connectivity index (χ4n) is 3.73. The Balaban J connectivity index is 0.000000646. The highest BCUT2D eigenvalue weighted by atomic mass is 16.5. The van der Waals surface area contributed by atoms with Crippen molar-refractivity contribution in [1.82, 2.24) is 26.3 Å². The second kappa shape index (κ2) is 16.4. The molecule has 6 N–H and O–H groups in total. The Kier molecular flexibility index (Phi) is 14.1. The normalized spacial score (nSPS) is 12.5. The average Bonchev–Trinajstić information content (AvgIpc) is 2.89. The number of aliphatic hydroxyl groups is 1. The van der Waals surface area contributed by atoms with Crippen molar-refractivity contribution < 1.29 is 29.5 Å². The number of hydrogen-bond donors (Lipinski definition) is 6. The van der Waals surface area contributed by atoms with E-state index in [9.17, 15) is 19.2 Å². The van der Waals surface area contributed by atoms with E-state index >= 15 is 0 Å². The molecule has 0 heterocycles. The quantitative estimate of drug-likeness (QED) is 0.180. The molecule has 39 heavy (non-hydrogen) atoms. The van der Waals surface area contributed by atoms with Gasteiger partial charge in [0.05, 0.1) is 5.92 Å². The molecular weight excluding hydrogens is 502 g/mol. The molecule has 2 aromatic carbocycles. The number of likely N-dealkylation sites (N-methyl/N-ethyl adjacent to an activating group) is 2. The van der Waals surface area contributed by atoms with E-state index in [2.05, 4.69) is 16.0 Å². The van der Waals surface area contributed by atoms with Crippen LogP contribution < -0.4 is 21.4 Å². The van der Waals surface area contributed by atoms with Crippen molar-refractivity contribution in [2.75, 3.05) is 40.8 Å². The molecule has 0 fully saturated rings. The van der Waals surface area contributed by atoms with Crippen LogP contribution in [0.5, 0.6) is 0 Å². The van der Waals surface area contributed by atoms with Gasteiger partial charge in [-0.15, -0.1) is 0 Å². The second-order valence-electron chi connectivity index (χ2n) is 10.6. The largest absolute Gasteiger partial charge is 0.387 e. The molecule has 0 spiro atoms. The summed E-state index contributed by atoms with van der Waals surface area (Å²) < 4.78 is 0. The van der Waals surface area contributed by atoms with Crippen LogP contribution in [0.4, 0.5) is 0 Å². The molecule has 2 atom stereocenters. The van der Waals surface area contributed by atoms with Gasteiger partial charge < -0.3 is 26.0 Å². The third-order valence-corrected chi connectivity index (χ3v) is 5.91. The number of fused-ring (bicyclic) bond motifs is 1. The monoisotopic (exact) mass is 545 g/mol. The van der Waals surface area contributed by atoms with E-state index in [4.69, 9.17) is 10.3 Å². The minimum absolute atomic E-state index is 0.195.